The van der Waals surface area contributed by atoms with Crippen molar-refractivity contribution in [3.05, 3.63) is 77.5 Å². The van der Waals surface area contributed by atoms with Gasteiger partial charge in [-0.3, -0.25) is 4.79 Å². The number of carbonyl (C=O) groups excluding carboxylic acids is 1. The lowest BCUT2D eigenvalue weighted by atomic mass is 10.1. The van der Waals surface area contributed by atoms with Crippen LogP contribution in [0.25, 0.3) is 0 Å². The molecule has 1 heterocycles. The molecule has 144 valence electrons. The van der Waals surface area contributed by atoms with E-state index in [0.717, 1.165) is 16.8 Å². The number of aromatic nitrogens is 1. The van der Waals surface area contributed by atoms with Crippen molar-refractivity contribution < 1.29 is 14.3 Å². The summed E-state index contributed by atoms with van der Waals surface area (Å²) in [6.45, 7) is 2.56. The highest BCUT2D eigenvalue weighted by molar-refractivity contribution is 6.03. The highest BCUT2D eigenvalue weighted by Gasteiger charge is 2.07. The topological polar surface area (TPSA) is 72.5 Å². The van der Waals surface area contributed by atoms with Crippen molar-refractivity contribution in [2.24, 2.45) is 0 Å². The summed E-state index contributed by atoms with van der Waals surface area (Å²) >= 11 is 0. The van der Waals surface area contributed by atoms with E-state index in [0.29, 0.717) is 29.4 Å². The number of nitrogens with zero attached hydrogens (tertiary/aromatic N) is 1. The molecule has 0 saturated carbocycles. The predicted molar refractivity (Wildman–Crippen MR) is 110 cm³/mol. The smallest absolute Gasteiger partial charge is 0.256 e. The Morgan fingerprint density at radius 2 is 1.82 bits per heavy atom. The number of benzene rings is 2. The Morgan fingerprint density at radius 1 is 1.00 bits per heavy atom. The van der Waals surface area contributed by atoms with Gasteiger partial charge < -0.3 is 20.1 Å². The van der Waals surface area contributed by atoms with E-state index in [1.54, 1.807) is 32.5 Å². The van der Waals surface area contributed by atoms with Crippen molar-refractivity contribution >= 4 is 17.4 Å². The molecule has 0 bridgehead atoms. The second-order valence-electron chi connectivity index (χ2n) is 6.30. The largest absolute Gasteiger partial charge is 0.493 e. The Kier molecular flexibility index (Phi) is 6.11. The first-order valence-electron chi connectivity index (χ1n) is 8.88. The molecule has 1 amide bonds. The molecule has 2 N–H and O–H groups in total. The van der Waals surface area contributed by atoms with E-state index in [1.807, 2.05) is 49.4 Å². The monoisotopic (exact) mass is 377 g/mol. The van der Waals surface area contributed by atoms with Crippen LogP contribution in [-0.4, -0.2) is 25.1 Å². The number of rotatable bonds is 7. The summed E-state index contributed by atoms with van der Waals surface area (Å²) < 4.78 is 10.6. The Labute approximate surface area is 164 Å². The van der Waals surface area contributed by atoms with Crippen LogP contribution in [0.15, 0.2) is 60.8 Å². The Balaban J connectivity index is 1.59. The van der Waals surface area contributed by atoms with E-state index in [2.05, 4.69) is 15.6 Å². The number of methoxy groups -OCH3 is 2. The van der Waals surface area contributed by atoms with Crippen LogP contribution in [0.2, 0.25) is 0 Å². The maximum absolute atomic E-state index is 12.3. The maximum atomic E-state index is 12.3. The number of pyridine rings is 1. The van der Waals surface area contributed by atoms with Gasteiger partial charge >= 0.3 is 0 Å². The van der Waals surface area contributed by atoms with Crippen molar-refractivity contribution in [1.29, 1.82) is 0 Å². The van der Waals surface area contributed by atoms with E-state index in [1.165, 1.54) is 0 Å². The molecular weight excluding hydrogens is 354 g/mol. The fourth-order valence-corrected chi connectivity index (χ4v) is 2.74. The number of ether oxygens (including phenoxy) is 2. The van der Waals surface area contributed by atoms with Gasteiger partial charge in [0.05, 0.1) is 26.1 Å². The molecule has 0 aliphatic heterocycles. The van der Waals surface area contributed by atoms with E-state index in [4.69, 9.17) is 9.47 Å². The van der Waals surface area contributed by atoms with Crippen molar-refractivity contribution in [1.82, 2.24) is 4.98 Å². The molecule has 28 heavy (non-hydrogen) atoms. The third-order valence-corrected chi connectivity index (χ3v) is 4.23. The van der Waals surface area contributed by atoms with Crippen LogP contribution in [-0.2, 0) is 6.54 Å². The Morgan fingerprint density at radius 3 is 2.50 bits per heavy atom. The highest BCUT2D eigenvalue weighted by atomic mass is 16.5. The van der Waals surface area contributed by atoms with Crippen molar-refractivity contribution in [2.45, 2.75) is 13.5 Å². The van der Waals surface area contributed by atoms with Gasteiger partial charge in [0.2, 0.25) is 0 Å². The van der Waals surface area contributed by atoms with Gasteiger partial charge in [-0.05, 0) is 48.9 Å². The van der Waals surface area contributed by atoms with Crippen molar-refractivity contribution in [3.63, 3.8) is 0 Å². The van der Waals surface area contributed by atoms with Crippen molar-refractivity contribution in [3.8, 4) is 11.5 Å². The third-order valence-electron chi connectivity index (χ3n) is 4.23. The highest BCUT2D eigenvalue weighted by Crippen LogP contribution is 2.27. The van der Waals surface area contributed by atoms with Crippen LogP contribution in [0.5, 0.6) is 11.5 Å². The Hall–Kier alpha value is -3.54. The molecule has 6 heteroatoms. The molecule has 0 aliphatic rings. The van der Waals surface area contributed by atoms with Gasteiger partial charge in [-0.1, -0.05) is 23.8 Å². The molecule has 3 aromatic rings. The zero-order valence-electron chi connectivity index (χ0n) is 16.2. The molecule has 6 nitrogen and oxygen atoms in total. The molecule has 0 atom stereocenters. The van der Waals surface area contributed by atoms with Gasteiger partial charge in [0, 0.05) is 12.1 Å². The molecule has 0 fully saturated rings. The van der Waals surface area contributed by atoms with Gasteiger partial charge in [-0.15, -0.1) is 0 Å². The van der Waals surface area contributed by atoms with Crippen LogP contribution < -0.4 is 20.1 Å². The molecule has 3 rings (SSSR count). The van der Waals surface area contributed by atoms with Crippen LogP contribution in [0.4, 0.5) is 11.5 Å². The zero-order chi connectivity index (χ0) is 19.9. The third kappa shape index (κ3) is 4.79. The summed E-state index contributed by atoms with van der Waals surface area (Å²) in [4.78, 5) is 16.6. The van der Waals surface area contributed by atoms with Crippen LogP contribution in [0.1, 0.15) is 21.5 Å². The predicted octanol–water partition coefficient (Wildman–Crippen LogP) is 4.27. The molecule has 1 aromatic heterocycles. The number of anilines is 2. The average molecular weight is 377 g/mol. The summed E-state index contributed by atoms with van der Waals surface area (Å²) in [5, 5.41) is 6.10. The van der Waals surface area contributed by atoms with Crippen molar-refractivity contribution in [2.75, 3.05) is 24.9 Å². The first-order chi connectivity index (χ1) is 13.6. The minimum absolute atomic E-state index is 0.178. The lowest BCUT2D eigenvalue weighted by Gasteiger charge is -2.11. The fraction of sp³-hybridized carbons (Fsp3) is 0.182. The summed E-state index contributed by atoms with van der Waals surface area (Å²) in [6, 6.07) is 16.8. The van der Waals surface area contributed by atoms with Gasteiger partial charge in [-0.25, -0.2) is 4.98 Å². The average Bonchev–Trinajstić information content (AvgIpc) is 2.73. The molecule has 0 saturated heterocycles. The van der Waals surface area contributed by atoms with Crippen LogP contribution in [0, 0.1) is 6.92 Å². The first-order valence-corrected chi connectivity index (χ1v) is 8.88. The number of aryl methyl sites for hydroxylation is 1. The van der Waals surface area contributed by atoms with Crippen LogP contribution in [0.3, 0.4) is 0 Å². The molecule has 0 aliphatic carbocycles. The van der Waals surface area contributed by atoms with Gasteiger partial charge in [0.15, 0.2) is 11.5 Å². The minimum Gasteiger partial charge on any atom is -0.493 e. The quantitative estimate of drug-likeness (QED) is 0.643. The van der Waals surface area contributed by atoms with Gasteiger partial charge in [0.25, 0.3) is 5.91 Å². The standard InChI is InChI=1S/C22H23N3O3/c1-15-5-4-6-17(11-15)22(26)25-21-10-8-18(14-24-21)23-13-16-7-9-19(27-2)20(12-16)28-3/h4-12,14,23H,13H2,1-3H3,(H,24,25,26). The number of carbonyl (C=O) groups is 1. The van der Waals surface area contributed by atoms with Gasteiger partial charge in [0.1, 0.15) is 5.82 Å². The molecule has 2 aromatic carbocycles. The molecule has 0 unspecified atom stereocenters. The number of nitrogens with one attached hydrogen (secondary N) is 2. The summed E-state index contributed by atoms with van der Waals surface area (Å²) in [5.41, 5.74) is 3.55. The number of hydrogen-bond acceptors (Lipinski definition) is 5. The first kappa shape index (κ1) is 19.2. The second kappa shape index (κ2) is 8.90. The molecule has 0 spiro atoms. The van der Waals surface area contributed by atoms with Crippen LogP contribution >= 0.6 is 0 Å². The van der Waals surface area contributed by atoms with E-state index in [9.17, 15) is 4.79 Å². The SMILES string of the molecule is COc1ccc(CNc2ccc(NC(=O)c3cccc(C)c3)nc2)cc1OC. The lowest BCUT2D eigenvalue weighted by Crippen LogP contribution is -2.13. The number of amides is 1. The molecular formula is C22H23N3O3. The van der Waals surface area contributed by atoms with E-state index < -0.39 is 0 Å². The lowest BCUT2D eigenvalue weighted by molar-refractivity contribution is 0.102. The molecule has 0 radical (unpaired) electrons. The number of hydrogen-bond donors (Lipinski definition) is 2. The zero-order valence-corrected chi connectivity index (χ0v) is 16.2. The summed E-state index contributed by atoms with van der Waals surface area (Å²) in [6.07, 6.45) is 1.69. The minimum atomic E-state index is -0.178. The van der Waals surface area contributed by atoms with E-state index >= 15 is 0 Å². The maximum Gasteiger partial charge on any atom is 0.256 e. The second-order valence-corrected chi connectivity index (χ2v) is 6.30. The Bertz CT molecular complexity index is 955. The van der Waals surface area contributed by atoms with Gasteiger partial charge in [-0.2, -0.15) is 0 Å². The summed E-state index contributed by atoms with van der Waals surface area (Å²) in [5.74, 6) is 1.71. The normalized spacial score (nSPS) is 10.2. The summed E-state index contributed by atoms with van der Waals surface area (Å²) in [7, 11) is 3.23. The van der Waals surface area contributed by atoms with E-state index in [-0.39, 0.29) is 5.91 Å². The fourth-order valence-electron chi connectivity index (χ4n) is 2.74.